The molecule has 1 amide bonds. The molecule has 0 unspecified atom stereocenters. The Labute approximate surface area is 185 Å². The van der Waals surface area contributed by atoms with Crippen LogP contribution < -0.4 is 10.9 Å². The van der Waals surface area contributed by atoms with Crippen LogP contribution in [0.25, 0.3) is 11.0 Å². The molecular formula is C22H35ClN4O2Si. The van der Waals surface area contributed by atoms with E-state index in [1.807, 2.05) is 16.8 Å². The van der Waals surface area contributed by atoms with E-state index in [1.165, 1.54) is 32.1 Å². The maximum Gasteiger partial charge on any atom is 0.268 e. The minimum atomic E-state index is -1.11. The van der Waals surface area contributed by atoms with Crippen molar-refractivity contribution >= 4 is 36.6 Å². The van der Waals surface area contributed by atoms with E-state index in [-0.39, 0.29) is 5.91 Å². The number of hydrogen-bond donors (Lipinski definition) is 2. The molecule has 6 nitrogen and oxygen atoms in total. The molecule has 0 aromatic carbocycles. The first-order chi connectivity index (χ1) is 14.3. The summed E-state index contributed by atoms with van der Waals surface area (Å²) < 4.78 is 7.76. The molecule has 0 radical (unpaired) electrons. The summed E-state index contributed by atoms with van der Waals surface area (Å²) >= 11 is 6.56. The lowest BCUT2D eigenvalue weighted by atomic mass is 9.97. The number of amides is 1. The van der Waals surface area contributed by atoms with Crippen LogP contribution in [0.15, 0.2) is 18.5 Å². The van der Waals surface area contributed by atoms with Gasteiger partial charge in [-0.25, -0.2) is 10.4 Å². The fourth-order valence-electron chi connectivity index (χ4n) is 3.75. The van der Waals surface area contributed by atoms with E-state index in [0.717, 1.165) is 36.5 Å². The Morgan fingerprint density at radius 2 is 1.93 bits per heavy atom. The molecule has 30 heavy (non-hydrogen) atoms. The third kappa shape index (κ3) is 6.54. The zero-order chi connectivity index (χ0) is 21.6. The molecule has 1 fully saturated rings. The van der Waals surface area contributed by atoms with Gasteiger partial charge in [0.25, 0.3) is 5.91 Å². The van der Waals surface area contributed by atoms with Crippen molar-refractivity contribution in [2.75, 3.05) is 6.61 Å². The van der Waals surface area contributed by atoms with Crippen LogP contribution in [-0.4, -0.2) is 36.2 Å². The number of hydrazine groups is 1. The Morgan fingerprint density at radius 1 is 1.23 bits per heavy atom. The molecule has 0 aliphatic heterocycles. The summed E-state index contributed by atoms with van der Waals surface area (Å²) in [6.45, 7) is 8.19. The SMILES string of the molecule is C[Si](C)(C)CCOCn1ccc2c(Cl)c(C(=O)NNC3CCCCCCC3)cnc21. The first-order valence-corrected chi connectivity index (χ1v) is 15.2. The zero-order valence-corrected chi connectivity index (χ0v) is 20.2. The molecule has 8 heteroatoms. The summed E-state index contributed by atoms with van der Waals surface area (Å²) in [5.41, 5.74) is 7.17. The quantitative estimate of drug-likeness (QED) is 0.323. The molecule has 166 valence electrons. The van der Waals surface area contributed by atoms with Crippen LogP contribution in [0.3, 0.4) is 0 Å². The smallest absolute Gasteiger partial charge is 0.268 e. The topological polar surface area (TPSA) is 68.2 Å². The van der Waals surface area contributed by atoms with Gasteiger partial charge >= 0.3 is 0 Å². The van der Waals surface area contributed by atoms with Crippen LogP contribution in [-0.2, 0) is 11.5 Å². The summed E-state index contributed by atoms with van der Waals surface area (Å²) in [7, 11) is -1.11. The van der Waals surface area contributed by atoms with Crippen LogP contribution in [0.4, 0.5) is 0 Å². The third-order valence-electron chi connectivity index (χ3n) is 5.69. The molecule has 3 rings (SSSR count). The largest absolute Gasteiger partial charge is 0.361 e. The monoisotopic (exact) mass is 450 g/mol. The Morgan fingerprint density at radius 3 is 2.63 bits per heavy atom. The summed E-state index contributed by atoms with van der Waals surface area (Å²) in [6.07, 6.45) is 11.9. The van der Waals surface area contributed by atoms with Gasteiger partial charge in [0.15, 0.2) is 0 Å². The van der Waals surface area contributed by atoms with Crippen LogP contribution in [0.2, 0.25) is 30.7 Å². The van der Waals surface area contributed by atoms with Crippen molar-refractivity contribution < 1.29 is 9.53 Å². The highest BCUT2D eigenvalue weighted by molar-refractivity contribution is 6.76. The van der Waals surface area contributed by atoms with Crippen LogP contribution in [0.1, 0.15) is 55.3 Å². The minimum Gasteiger partial charge on any atom is -0.361 e. The zero-order valence-electron chi connectivity index (χ0n) is 18.5. The van der Waals surface area contributed by atoms with Crippen molar-refractivity contribution in [1.82, 2.24) is 20.4 Å². The van der Waals surface area contributed by atoms with Gasteiger partial charge in [0.05, 0.1) is 10.6 Å². The normalized spacial score (nSPS) is 16.4. The van der Waals surface area contributed by atoms with Crippen molar-refractivity contribution in [3.8, 4) is 0 Å². The predicted molar refractivity (Wildman–Crippen MR) is 126 cm³/mol. The van der Waals surface area contributed by atoms with Gasteiger partial charge in [-0.2, -0.15) is 0 Å². The average molecular weight is 451 g/mol. The molecular weight excluding hydrogens is 416 g/mol. The van der Waals surface area contributed by atoms with Gasteiger partial charge in [0.1, 0.15) is 12.4 Å². The van der Waals surface area contributed by atoms with Crippen LogP contribution >= 0.6 is 11.6 Å². The van der Waals surface area contributed by atoms with Gasteiger partial charge in [-0.15, -0.1) is 0 Å². The average Bonchev–Trinajstić information content (AvgIpc) is 3.08. The standard InChI is InChI=1S/C22H35ClN4O2Si/c1-30(2,3)14-13-29-16-27-12-11-18-20(23)19(15-24-21(18)27)22(28)26-25-17-9-7-5-4-6-8-10-17/h11-12,15,17,25H,4-10,13-14,16H2,1-3H3,(H,26,28). The van der Waals surface area contributed by atoms with E-state index >= 15 is 0 Å². The number of carbonyl (C=O) groups excluding carboxylic acids is 1. The number of fused-ring (bicyclic) bond motifs is 1. The fraction of sp³-hybridized carbons (Fsp3) is 0.636. The first kappa shape index (κ1) is 23.3. The lowest BCUT2D eigenvalue weighted by molar-refractivity contribution is 0.0899. The maximum absolute atomic E-state index is 12.7. The summed E-state index contributed by atoms with van der Waals surface area (Å²) in [5, 5.41) is 1.20. The third-order valence-corrected chi connectivity index (χ3v) is 7.80. The van der Waals surface area contributed by atoms with Crippen molar-refractivity contribution in [1.29, 1.82) is 0 Å². The number of carbonyl (C=O) groups is 1. The fourth-order valence-corrected chi connectivity index (χ4v) is 4.78. The Kier molecular flexibility index (Phi) is 8.33. The number of pyridine rings is 1. The van der Waals surface area contributed by atoms with E-state index < -0.39 is 8.07 Å². The number of ether oxygens (including phenoxy) is 1. The van der Waals surface area contributed by atoms with Crippen molar-refractivity contribution in [2.45, 2.75) is 83.4 Å². The van der Waals surface area contributed by atoms with Gasteiger partial charge in [0, 0.05) is 38.5 Å². The summed E-state index contributed by atoms with van der Waals surface area (Å²) in [4.78, 5) is 17.2. The number of nitrogens with one attached hydrogen (secondary N) is 2. The van der Waals surface area contributed by atoms with Crippen molar-refractivity contribution in [3.05, 3.63) is 29.0 Å². The molecule has 2 aromatic heterocycles. The highest BCUT2D eigenvalue weighted by atomic mass is 35.5. The second-order valence-corrected chi connectivity index (χ2v) is 15.5. The van der Waals surface area contributed by atoms with E-state index in [1.54, 1.807) is 6.20 Å². The van der Waals surface area contributed by atoms with E-state index in [2.05, 4.69) is 35.5 Å². The number of rotatable bonds is 8. The number of nitrogens with zero attached hydrogens (tertiary/aromatic N) is 2. The molecule has 1 saturated carbocycles. The van der Waals surface area contributed by atoms with Gasteiger partial charge < -0.3 is 9.30 Å². The molecule has 2 heterocycles. The number of hydrogen-bond acceptors (Lipinski definition) is 4. The van der Waals surface area contributed by atoms with E-state index in [9.17, 15) is 4.79 Å². The molecule has 1 aliphatic carbocycles. The maximum atomic E-state index is 12.7. The van der Waals surface area contributed by atoms with Crippen LogP contribution in [0, 0.1) is 0 Å². The van der Waals surface area contributed by atoms with Crippen LogP contribution in [0.5, 0.6) is 0 Å². The molecule has 0 bridgehead atoms. The van der Waals surface area contributed by atoms with E-state index in [0.29, 0.717) is 23.4 Å². The minimum absolute atomic E-state index is 0.240. The predicted octanol–water partition coefficient (Wildman–Crippen LogP) is 5.35. The number of halogens is 1. The molecule has 0 atom stereocenters. The molecule has 0 spiro atoms. The van der Waals surface area contributed by atoms with Gasteiger partial charge in [-0.05, 0) is 25.0 Å². The Bertz CT molecular complexity index is 842. The molecule has 2 aromatic rings. The van der Waals surface area contributed by atoms with Gasteiger partial charge in [-0.3, -0.25) is 10.2 Å². The highest BCUT2D eigenvalue weighted by Crippen LogP contribution is 2.27. The summed E-state index contributed by atoms with van der Waals surface area (Å²) in [6, 6.07) is 3.34. The summed E-state index contributed by atoms with van der Waals surface area (Å²) in [5.74, 6) is -0.240. The lowest BCUT2D eigenvalue weighted by Gasteiger charge is -2.21. The second kappa shape index (κ2) is 10.8. The first-order valence-electron chi connectivity index (χ1n) is 11.1. The number of aromatic nitrogens is 2. The van der Waals surface area contributed by atoms with Crippen molar-refractivity contribution in [3.63, 3.8) is 0 Å². The van der Waals surface area contributed by atoms with Crippen molar-refractivity contribution in [2.24, 2.45) is 0 Å². The molecule has 2 N–H and O–H groups in total. The lowest BCUT2D eigenvalue weighted by Crippen LogP contribution is -2.44. The van der Waals surface area contributed by atoms with Gasteiger partial charge in [-0.1, -0.05) is 63.3 Å². The highest BCUT2D eigenvalue weighted by Gasteiger charge is 2.18. The Balaban J connectivity index is 1.60. The molecule has 1 aliphatic rings. The van der Waals surface area contributed by atoms with Gasteiger partial charge in [0.2, 0.25) is 0 Å². The second-order valence-electron chi connectivity index (χ2n) is 9.50. The van der Waals surface area contributed by atoms with E-state index in [4.69, 9.17) is 16.3 Å². The Hall–Kier alpha value is -1.41. The molecule has 0 saturated heterocycles.